The standard InChI is InChI=1S/C17H15NO/c1-12(13-5-3-2-4-6-13)14-7-8-16-15(11-14)17(19)9-10-18-16/h2-8,10-11,17,19H,1,9H2. The number of aliphatic hydroxyl groups excluding tert-OH is 1. The molecule has 2 aromatic carbocycles. The number of fused-ring (bicyclic) bond motifs is 1. The Labute approximate surface area is 112 Å². The molecule has 1 heterocycles. The Bertz CT molecular complexity index is 644. The highest BCUT2D eigenvalue weighted by molar-refractivity contribution is 5.80. The molecule has 1 atom stereocenters. The number of aliphatic hydroxyl groups is 1. The van der Waals surface area contributed by atoms with Gasteiger partial charge in [-0.3, -0.25) is 4.99 Å². The first kappa shape index (κ1) is 11.9. The van der Waals surface area contributed by atoms with Crippen LogP contribution in [0.5, 0.6) is 0 Å². The van der Waals surface area contributed by atoms with Crippen LogP contribution in [0.3, 0.4) is 0 Å². The van der Waals surface area contributed by atoms with Crippen molar-refractivity contribution in [3.63, 3.8) is 0 Å². The van der Waals surface area contributed by atoms with Crippen LogP contribution in [0.25, 0.3) is 5.57 Å². The fraction of sp³-hybridized carbons (Fsp3) is 0.118. The summed E-state index contributed by atoms with van der Waals surface area (Å²) in [5, 5.41) is 10.0. The summed E-state index contributed by atoms with van der Waals surface area (Å²) in [5.41, 5.74) is 4.82. The van der Waals surface area contributed by atoms with Gasteiger partial charge in [-0.05, 0) is 28.8 Å². The maximum absolute atomic E-state index is 10.0. The van der Waals surface area contributed by atoms with E-state index in [0.717, 1.165) is 28.0 Å². The summed E-state index contributed by atoms with van der Waals surface area (Å²) >= 11 is 0. The lowest BCUT2D eigenvalue weighted by atomic mass is 9.94. The fourth-order valence-corrected chi connectivity index (χ4v) is 2.31. The molecule has 1 unspecified atom stereocenters. The monoisotopic (exact) mass is 249 g/mol. The Balaban J connectivity index is 2.01. The molecule has 1 aliphatic heterocycles. The van der Waals surface area contributed by atoms with Crippen LogP contribution in [-0.4, -0.2) is 11.3 Å². The predicted molar refractivity (Wildman–Crippen MR) is 78.7 cm³/mol. The minimum Gasteiger partial charge on any atom is -0.388 e. The molecule has 0 aromatic heterocycles. The van der Waals surface area contributed by atoms with Crippen molar-refractivity contribution in [2.75, 3.05) is 0 Å². The van der Waals surface area contributed by atoms with Gasteiger partial charge in [0.05, 0.1) is 11.8 Å². The Hall–Kier alpha value is -2.19. The summed E-state index contributed by atoms with van der Waals surface area (Å²) in [7, 11) is 0. The molecule has 0 radical (unpaired) electrons. The number of benzene rings is 2. The second kappa shape index (κ2) is 4.82. The smallest absolute Gasteiger partial charge is 0.0860 e. The third-order valence-electron chi connectivity index (χ3n) is 3.42. The van der Waals surface area contributed by atoms with Crippen LogP contribution < -0.4 is 0 Å². The van der Waals surface area contributed by atoms with Gasteiger partial charge in [-0.25, -0.2) is 0 Å². The van der Waals surface area contributed by atoms with E-state index in [2.05, 4.69) is 11.6 Å². The summed E-state index contributed by atoms with van der Waals surface area (Å²) in [6.07, 6.45) is 1.88. The van der Waals surface area contributed by atoms with Crippen molar-refractivity contribution in [3.05, 3.63) is 71.8 Å². The summed E-state index contributed by atoms with van der Waals surface area (Å²) in [4.78, 5) is 4.30. The number of hydrogen-bond acceptors (Lipinski definition) is 2. The summed E-state index contributed by atoms with van der Waals surface area (Å²) < 4.78 is 0. The van der Waals surface area contributed by atoms with Gasteiger partial charge in [0.15, 0.2) is 0 Å². The molecule has 2 nitrogen and oxygen atoms in total. The zero-order valence-corrected chi connectivity index (χ0v) is 10.6. The van der Waals surface area contributed by atoms with Crippen molar-refractivity contribution in [2.24, 2.45) is 4.99 Å². The average molecular weight is 249 g/mol. The zero-order chi connectivity index (χ0) is 13.2. The molecule has 0 saturated heterocycles. The molecule has 19 heavy (non-hydrogen) atoms. The van der Waals surface area contributed by atoms with E-state index in [1.54, 1.807) is 6.21 Å². The fourth-order valence-electron chi connectivity index (χ4n) is 2.31. The lowest BCUT2D eigenvalue weighted by Crippen LogP contribution is -2.03. The summed E-state index contributed by atoms with van der Waals surface area (Å²) in [6.45, 7) is 4.15. The van der Waals surface area contributed by atoms with E-state index in [0.29, 0.717) is 6.42 Å². The Kier molecular flexibility index (Phi) is 3.02. The number of aliphatic imine (C=N–C) groups is 1. The molecule has 0 bridgehead atoms. The Morgan fingerprint density at radius 1 is 1.11 bits per heavy atom. The van der Waals surface area contributed by atoms with E-state index in [-0.39, 0.29) is 0 Å². The van der Waals surface area contributed by atoms with Gasteiger partial charge in [0.25, 0.3) is 0 Å². The molecule has 0 saturated carbocycles. The van der Waals surface area contributed by atoms with Crippen LogP contribution in [0.15, 0.2) is 60.1 Å². The largest absolute Gasteiger partial charge is 0.388 e. The van der Waals surface area contributed by atoms with Crippen molar-refractivity contribution in [1.82, 2.24) is 0 Å². The topological polar surface area (TPSA) is 32.6 Å². The highest BCUT2D eigenvalue weighted by atomic mass is 16.3. The van der Waals surface area contributed by atoms with Crippen LogP contribution >= 0.6 is 0 Å². The van der Waals surface area contributed by atoms with Crippen LogP contribution in [-0.2, 0) is 0 Å². The molecule has 0 aliphatic carbocycles. The van der Waals surface area contributed by atoms with Crippen LogP contribution in [0, 0.1) is 0 Å². The molecule has 2 aromatic rings. The van der Waals surface area contributed by atoms with Gasteiger partial charge < -0.3 is 5.11 Å². The second-order valence-corrected chi connectivity index (χ2v) is 4.68. The van der Waals surface area contributed by atoms with Gasteiger partial charge in [0.2, 0.25) is 0 Å². The SMILES string of the molecule is C=C(c1ccccc1)c1ccc2c(c1)C(O)CC=N2. The van der Waals surface area contributed by atoms with Crippen LogP contribution in [0.2, 0.25) is 0 Å². The van der Waals surface area contributed by atoms with Gasteiger partial charge in [-0.2, -0.15) is 0 Å². The minimum atomic E-state index is -0.462. The third-order valence-corrected chi connectivity index (χ3v) is 3.42. The van der Waals surface area contributed by atoms with Crippen molar-refractivity contribution in [2.45, 2.75) is 12.5 Å². The second-order valence-electron chi connectivity index (χ2n) is 4.68. The maximum Gasteiger partial charge on any atom is 0.0860 e. The van der Waals surface area contributed by atoms with Crippen molar-refractivity contribution >= 4 is 17.5 Å². The summed E-state index contributed by atoms with van der Waals surface area (Å²) in [5.74, 6) is 0. The average Bonchev–Trinajstić information content (AvgIpc) is 2.47. The number of rotatable bonds is 2. The van der Waals surface area contributed by atoms with E-state index in [4.69, 9.17) is 0 Å². The van der Waals surface area contributed by atoms with Crippen molar-refractivity contribution in [1.29, 1.82) is 0 Å². The molecule has 94 valence electrons. The molecule has 0 fully saturated rings. The highest BCUT2D eigenvalue weighted by Gasteiger charge is 2.16. The highest BCUT2D eigenvalue weighted by Crippen LogP contribution is 2.34. The number of nitrogens with zero attached hydrogens (tertiary/aromatic N) is 1. The van der Waals surface area contributed by atoms with E-state index >= 15 is 0 Å². The van der Waals surface area contributed by atoms with Gasteiger partial charge >= 0.3 is 0 Å². The first-order chi connectivity index (χ1) is 9.25. The molecule has 1 N–H and O–H groups in total. The van der Waals surface area contributed by atoms with Crippen molar-refractivity contribution < 1.29 is 5.11 Å². The lowest BCUT2D eigenvalue weighted by Gasteiger charge is -2.17. The number of hydrogen-bond donors (Lipinski definition) is 1. The van der Waals surface area contributed by atoms with E-state index in [1.807, 2.05) is 48.5 Å². The molecule has 0 spiro atoms. The van der Waals surface area contributed by atoms with Gasteiger partial charge in [0, 0.05) is 18.2 Å². The normalized spacial score (nSPS) is 17.0. The quantitative estimate of drug-likeness (QED) is 0.860. The minimum absolute atomic E-state index is 0.462. The maximum atomic E-state index is 10.0. The molecule has 2 heteroatoms. The molecule has 3 rings (SSSR count). The first-order valence-corrected chi connectivity index (χ1v) is 6.35. The molecule has 1 aliphatic rings. The first-order valence-electron chi connectivity index (χ1n) is 6.35. The van der Waals surface area contributed by atoms with Gasteiger partial charge in [0.1, 0.15) is 0 Å². The van der Waals surface area contributed by atoms with Gasteiger partial charge in [-0.15, -0.1) is 0 Å². The van der Waals surface area contributed by atoms with E-state index in [1.165, 1.54) is 0 Å². The zero-order valence-electron chi connectivity index (χ0n) is 10.6. The van der Waals surface area contributed by atoms with E-state index in [9.17, 15) is 5.11 Å². The lowest BCUT2D eigenvalue weighted by molar-refractivity contribution is 0.186. The predicted octanol–water partition coefficient (Wildman–Crippen LogP) is 3.89. The van der Waals surface area contributed by atoms with Crippen LogP contribution in [0.1, 0.15) is 29.2 Å². The molecular formula is C17H15NO. The Morgan fingerprint density at radius 2 is 1.89 bits per heavy atom. The Morgan fingerprint density at radius 3 is 2.68 bits per heavy atom. The van der Waals surface area contributed by atoms with Crippen LogP contribution in [0.4, 0.5) is 5.69 Å². The third kappa shape index (κ3) is 2.23. The molecular weight excluding hydrogens is 234 g/mol. The van der Waals surface area contributed by atoms with Crippen molar-refractivity contribution in [3.8, 4) is 0 Å². The molecule has 0 amide bonds. The van der Waals surface area contributed by atoms with Gasteiger partial charge in [-0.1, -0.05) is 43.0 Å². The summed E-state index contributed by atoms with van der Waals surface area (Å²) in [6, 6.07) is 16.0. The van der Waals surface area contributed by atoms with E-state index < -0.39 is 6.10 Å².